The molecular weight excluding hydrogens is 256 g/mol. The van der Waals surface area contributed by atoms with Crippen LogP contribution in [0.1, 0.15) is 31.3 Å². The van der Waals surface area contributed by atoms with Crippen molar-refractivity contribution in [3.05, 3.63) is 28.0 Å². The first-order chi connectivity index (χ1) is 8.62. The van der Waals surface area contributed by atoms with Crippen LogP contribution in [0.2, 0.25) is 0 Å². The van der Waals surface area contributed by atoms with Gasteiger partial charge in [0, 0.05) is 0 Å². The Morgan fingerprint density at radius 3 is 2.37 bits per heavy atom. The summed E-state index contributed by atoms with van der Waals surface area (Å²) in [6, 6.07) is 1.01. The zero-order valence-corrected chi connectivity index (χ0v) is 10.7. The lowest BCUT2D eigenvalue weighted by Crippen LogP contribution is -2.49. The Balaban J connectivity index is 2.88. The van der Waals surface area contributed by atoms with E-state index in [1.54, 1.807) is 20.8 Å². The average molecular weight is 270 g/mol. The van der Waals surface area contributed by atoms with Crippen LogP contribution in [0.15, 0.2) is 16.5 Å². The zero-order valence-electron chi connectivity index (χ0n) is 10.7. The summed E-state index contributed by atoms with van der Waals surface area (Å²) in [4.78, 5) is 32.5. The van der Waals surface area contributed by atoms with Crippen molar-refractivity contribution in [2.75, 3.05) is 0 Å². The smallest absolute Gasteiger partial charge is 0.433 e. The van der Waals surface area contributed by atoms with Gasteiger partial charge in [-0.2, -0.15) is 0 Å². The summed E-state index contributed by atoms with van der Waals surface area (Å²) in [5.74, 6) is -2.88. The second-order valence-corrected chi connectivity index (χ2v) is 5.01. The number of hydrogen-bond donors (Lipinski definition) is 2. The van der Waals surface area contributed by atoms with Gasteiger partial charge >= 0.3 is 11.9 Å². The maximum atomic E-state index is 11.8. The Morgan fingerprint density at radius 2 is 2.00 bits per heavy atom. The van der Waals surface area contributed by atoms with Crippen molar-refractivity contribution in [2.45, 2.75) is 26.8 Å². The van der Waals surface area contributed by atoms with Crippen molar-refractivity contribution < 1.29 is 24.0 Å². The highest BCUT2D eigenvalue weighted by atomic mass is 16.6. The van der Waals surface area contributed by atoms with Gasteiger partial charge in [0.25, 0.3) is 5.91 Å². The van der Waals surface area contributed by atoms with Crippen LogP contribution in [-0.4, -0.2) is 27.9 Å². The largest absolute Gasteiger partial charge is 0.480 e. The summed E-state index contributed by atoms with van der Waals surface area (Å²) >= 11 is 0. The standard InChI is InChI=1S/C11H14N2O6/c1-11(2,3)8(10(15)16)12-9(14)6-4-5-7(19-6)13(17)18/h4-5,8H,1-3H3,(H,12,14)(H,15,16)/t8-/m0/s1. The number of carboxylic acids is 1. The fourth-order valence-corrected chi connectivity index (χ4v) is 1.40. The van der Waals surface area contributed by atoms with Gasteiger partial charge in [0.2, 0.25) is 0 Å². The molecule has 0 aliphatic heterocycles. The number of aliphatic carboxylic acids is 1. The molecule has 0 spiro atoms. The van der Waals surface area contributed by atoms with Gasteiger partial charge in [-0.15, -0.1) is 0 Å². The Hall–Kier alpha value is -2.38. The van der Waals surface area contributed by atoms with Crippen molar-refractivity contribution in [1.29, 1.82) is 0 Å². The highest BCUT2D eigenvalue weighted by Gasteiger charge is 2.33. The van der Waals surface area contributed by atoms with E-state index in [4.69, 9.17) is 9.52 Å². The third-order valence-electron chi connectivity index (χ3n) is 2.38. The minimum atomic E-state index is -1.19. The molecule has 1 amide bonds. The summed E-state index contributed by atoms with van der Waals surface area (Å²) in [7, 11) is 0. The van der Waals surface area contributed by atoms with Gasteiger partial charge < -0.3 is 14.8 Å². The molecule has 8 nitrogen and oxygen atoms in total. The van der Waals surface area contributed by atoms with Gasteiger partial charge in [-0.25, -0.2) is 4.79 Å². The summed E-state index contributed by atoms with van der Waals surface area (Å²) in [6.45, 7) is 4.95. The molecule has 1 atom stereocenters. The summed E-state index contributed by atoms with van der Waals surface area (Å²) in [5.41, 5.74) is -0.708. The molecule has 0 aromatic carbocycles. The lowest BCUT2D eigenvalue weighted by molar-refractivity contribution is -0.402. The van der Waals surface area contributed by atoms with Crippen LogP contribution >= 0.6 is 0 Å². The Kier molecular flexibility index (Phi) is 3.93. The number of amides is 1. The van der Waals surface area contributed by atoms with Crippen LogP contribution in [0.3, 0.4) is 0 Å². The first-order valence-corrected chi connectivity index (χ1v) is 5.41. The van der Waals surface area contributed by atoms with E-state index in [2.05, 4.69) is 5.32 Å². The van der Waals surface area contributed by atoms with Crippen LogP contribution < -0.4 is 5.32 Å². The Morgan fingerprint density at radius 1 is 1.42 bits per heavy atom. The molecule has 1 heterocycles. The maximum Gasteiger partial charge on any atom is 0.433 e. The van der Waals surface area contributed by atoms with Gasteiger partial charge in [0.1, 0.15) is 11.0 Å². The number of hydrogen-bond acceptors (Lipinski definition) is 5. The quantitative estimate of drug-likeness (QED) is 0.630. The van der Waals surface area contributed by atoms with Crippen molar-refractivity contribution in [3.63, 3.8) is 0 Å². The molecule has 0 unspecified atom stereocenters. The molecule has 0 aliphatic carbocycles. The number of nitro groups is 1. The third-order valence-corrected chi connectivity index (χ3v) is 2.38. The second-order valence-electron chi connectivity index (χ2n) is 5.01. The first-order valence-electron chi connectivity index (χ1n) is 5.41. The SMILES string of the molecule is CC(C)(C)[C@@H](NC(=O)c1ccc([N+](=O)[O-])o1)C(=O)O. The number of nitrogens with one attached hydrogen (secondary N) is 1. The van der Waals surface area contributed by atoms with E-state index < -0.39 is 34.1 Å². The summed E-state index contributed by atoms with van der Waals surface area (Å²) in [5, 5.41) is 21.7. The van der Waals surface area contributed by atoms with E-state index in [0.29, 0.717) is 0 Å². The molecule has 0 saturated carbocycles. The third kappa shape index (κ3) is 3.54. The van der Waals surface area contributed by atoms with Gasteiger partial charge in [-0.1, -0.05) is 20.8 Å². The average Bonchev–Trinajstić information content (AvgIpc) is 2.72. The molecule has 0 aliphatic rings. The molecule has 104 valence electrons. The van der Waals surface area contributed by atoms with Crippen LogP contribution in [0, 0.1) is 15.5 Å². The van der Waals surface area contributed by atoms with Gasteiger partial charge in [0.05, 0.1) is 6.07 Å². The number of carboxylic acid groups (broad SMARTS) is 1. The van der Waals surface area contributed by atoms with E-state index in [0.717, 1.165) is 12.1 Å². The van der Waals surface area contributed by atoms with E-state index >= 15 is 0 Å². The zero-order chi connectivity index (χ0) is 14.8. The molecule has 1 aromatic rings. The highest BCUT2D eigenvalue weighted by Crippen LogP contribution is 2.21. The molecule has 0 bridgehead atoms. The van der Waals surface area contributed by atoms with Gasteiger partial charge in [0.15, 0.2) is 5.76 Å². The molecule has 0 saturated heterocycles. The van der Waals surface area contributed by atoms with Crippen LogP contribution in [-0.2, 0) is 4.79 Å². The molecule has 0 radical (unpaired) electrons. The summed E-state index contributed by atoms with van der Waals surface area (Å²) < 4.78 is 4.70. The van der Waals surface area contributed by atoms with Crippen molar-refractivity contribution in [2.24, 2.45) is 5.41 Å². The number of rotatable bonds is 4. The van der Waals surface area contributed by atoms with E-state index in [1.165, 1.54) is 0 Å². The van der Waals surface area contributed by atoms with Gasteiger partial charge in [-0.05, 0) is 11.5 Å². The lowest BCUT2D eigenvalue weighted by Gasteiger charge is -2.27. The molecule has 2 N–H and O–H groups in total. The Labute approximate surface area is 108 Å². The Bertz CT molecular complexity index is 514. The predicted octanol–water partition coefficient (Wildman–Crippen LogP) is 1.42. The number of nitrogens with zero attached hydrogens (tertiary/aromatic N) is 1. The highest BCUT2D eigenvalue weighted by molar-refractivity contribution is 5.94. The molecule has 8 heteroatoms. The van der Waals surface area contributed by atoms with E-state index in [9.17, 15) is 19.7 Å². The molecule has 1 aromatic heterocycles. The monoisotopic (exact) mass is 270 g/mol. The normalized spacial score (nSPS) is 12.8. The van der Waals surface area contributed by atoms with E-state index in [1.807, 2.05) is 0 Å². The van der Waals surface area contributed by atoms with Crippen molar-refractivity contribution >= 4 is 17.8 Å². The molecule has 1 rings (SSSR count). The van der Waals surface area contributed by atoms with Gasteiger partial charge in [-0.3, -0.25) is 14.9 Å². The first kappa shape index (κ1) is 14.7. The number of carbonyl (C=O) groups excluding carboxylic acids is 1. The van der Waals surface area contributed by atoms with Crippen molar-refractivity contribution in [3.8, 4) is 0 Å². The second kappa shape index (κ2) is 5.09. The van der Waals surface area contributed by atoms with Crippen LogP contribution in [0.4, 0.5) is 5.88 Å². The fraction of sp³-hybridized carbons (Fsp3) is 0.455. The molecular formula is C11H14N2O6. The fourth-order valence-electron chi connectivity index (χ4n) is 1.40. The predicted molar refractivity (Wildman–Crippen MR) is 63.7 cm³/mol. The topological polar surface area (TPSA) is 123 Å². The molecule has 0 fully saturated rings. The van der Waals surface area contributed by atoms with Crippen LogP contribution in [0.5, 0.6) is 0 Å². The summed E-state index contributed by atoms with van der Waals surface area (Å²) in [6.07, 6.45) is 0. The number of furan rings is 1. The minimum Gasteiger partial charge on any atom is -0.480 e. The lowest BCUT2D eigenvalue weighted by atomic mass is 9.87. The number of carbonyl (C=O) groups is 2. The van der Waals surface area contributed by atoms with E-state index in [-0.39, 0.29) is 5.76 Å². The molecule has 19 heavy (non-hydrogen) atoms. The minimum absolute atomic E-state index is 0.304. The maximum absolute atomic E-state index is 11.8. The van der Waals surface area contributed by atoms with Crippen molar-refractivity contribution in [1.82, 2.24) is 5.32 Å². The van der Waals surface area contributed by atoms with Crippen LogP contribution in [0.25, 0.3) is 0 Å².